The van der Waals surface area contributed by atoms with Gasteiger partial charge in [0.25, 0.3) is 0 Å². The van der Waals surface area contributed by atoms with E-state index < -0.39 is 0 Å². The topological polar surface area (TPSA) is 28.0 Å². The van der Waals surface area contributed by atoms with E-state index in [2.05, 4.69) is 65.3 Å². The molecule has 1 aliphatic heterocycles. The van der Waals surface area contributed by atoms with Crippen LogP contribution in [0.15, 0.2) is 94.9 Å². The lowest BCUT2D eigenvalue weighted by Gasteiger charge is -2.27. The lowest BCUT2D eigenvalue weighted by atomic mass is 10.1. The highest BCUT2D eigenvalue weighted by atomic mass is 32.2. The lowest BCUT2D eigenvalue weighted by molar-refractivity contribution is 1.29. The van der Waals surface area contributed by atoms with Crippen LogP contribution in [0, 0.1) is 6.92 Å². The van der Waals surface area contributed by atoms with E-state index in [0.717, 1.165) is 27.9 Å². The Labute approximate surface area is 158 Å². The molecule has 0 bridgehead atoms. The van der Waals surface area contributed by atoms with Gasteiger partial charge in [-0.2, -0.15) is 0 Å². The number of benzene rings is 3. The van der Waals surface area contributed by atoms with Crippen LogP contribution in [0.25, 0.3) is 0 Å². The third-order valence-electron chi connectivity index (χ3n) is 4.14. The molecule has 0 saturated carbocycles. The first-order chi connectivity index (χ1) is 12.8. The number of hydrogen-bond donors (Lipinski definition) is 0. The molecule has 128 valence electrons. The molecule has 4 rings (SSSR count). The number of para-hydroxylation sites is 2. The molecule has 4 heteroatoms. The number of nitrogens with zero attached hydrogens (tertiary/aromatic N) is 3. The SMILES string of the molecule is Cc1ccc(C2=NCSC(N(c3ccccc3)c3ccccc3)=N2)cc1. The van der Waals surface area contributed by atoms with E-state index in [1.807, 2.05) is 36.4 Å². The highest BCUT2D eigenvalue weighted by Gasteiger charge is 2.20. The van der Waals surface area contributed by atoms with Crippen LogP contribution in [0.2, 0.25) is 0 Å². The molecule has 3 aromatic rings. The van der Waals surface area contributed by atoms with Crippen molar-refractivity contribution in [3.05, 3.63) is 96.1 Å². The van der Waals surface area contributed by atoms with Gasteiger partial charge in [0.05, 0.1) is 5.88 Å². The predicted octanol–water partition coefficient (Wildman–Crippen LogP) is 5.64. The summed E-state index contributed by atoms with van der Waals surface area (Å²) < 4.78 is 0. The van der Waals surface area contributed by atoms with Gasteiger partial charge in [0.2, 0.25) is 0 Å². The third-order valence-corrected chi connectivity index (χ3v) is 4.93. The van der Waals surface area contributed by atoms with E-state index >= 15 is 0 Å². The van der Waals surface area contributed by atoms with Crippen molar-refractivity contribution in [2.45, 2.75) is 6.92 Å². The molecular weight excluding hydrogens is 338 g/mol. The molecule has 0 fully saturated rings. The zero-order valence-corrected chi connectivity index (χ0v) is 15.4. The summed E-state index contributed by atoms with van der Waals surface area (Å²) in [6.07, 6.45) is 0. The van der Waals surface area contributed by atoms with Gasteiger partial charge < -0.3 is 0 Å². The van der Waals surface area contributed by atoms with E-state index in [0.29, 0.717) is 5.88 Å². The molecule has 3 aromatic carbocycles. The van der Waals surface area contributed by atoms with Crippen molar-refractivity contribution in [3.8, 4) is 0 Å². The molecule has 0 spiro atoms. The van der Waals surface area contributed by atoms with Crippen LogP contribution in [0.1, 0.15) is 11.1 Å². The Bertz CT molecular complexity index is 893. The summed E-state index contributed by atoms with van der Waals surface area (Å²) in [5, 5.41) is 0.938. The van der Waals surface area contributed by atoms with Crippen LogP contribution in [-0.2, 0) is 0 Å². The van der Waals surface area contributed by atoms with Crippen LogP contribution in [0.5, 0.6) is 0 Å². The Morgan fingerprint density at radius 1 is 0.769 bits per heavy atom. The van der Waals surface area contributed by atoms with E-state index in [1.165, 1.54) is 5.56 Å². The van der Waals surface area contributed by atoms with Gasteiger partial charge in [0, 0.05) is 16.9 Å². The average Bonchev–Trinajstić information content (AvgIpc) is 2.71. The first kappa shape index (κ1) is 16.6. The van der Waals surface area contributed by atoms with Crippen LogP contribution >= 0.6 is 11.8 Å². The monoisotopic (exact) mass is 357 g/mol. The average molecular weight is 357 g/mol. The second-order valence-corrected chi connectivity index (χ2v) is 6.93. The van der Waals surface area contributed by atoms with Gasteiger partial charge in [0.15, 0.2) is 11.0 Å². The van der Waals surface area contributed by atoms with Gasteiger partial charge in [-0.3, -0.25) is 9.89 Å². The van der Waals surface area contributed by atoms with Gasteiger partial charge in [-0.15, -0.1) is 0 Å². The van der Waals surface area contributed by atoms with Crippen molar-refractivity contribution in [2.75, 3.05) is 10.8 Å². The summed E-state index contributed by atoms with van der Waals surface area (Å²) in [5.41, 5.74) is 4.47. The summed E-state index contributed by atoms with van der Waals surface area (Å²) in [7, 11) is 0. The zero-order chi connectivity index (χ0) is 17.8. The maximum Gasteiger partial charge on any atom is 0.177 e. The minimum Gasteiger partial charge on any atom is -0.289 e. The van der Waals surface area contributed by atoms with Crippen LogP contribution in [-0.4, -0.2) is 16.9 Å². The molecule has 0 N–H and O–H groups in total. The Morgan fingerprint density at radius 3 is 1.92 bits per heavy atom. The summed E-state index contributed by atoms with van der Waals surface area (Å²) >= 11 is 1.65. The molecule has 1 aliphatic rings. The van der Waals surface area contributed by atoms with Crippen molar-refractivity contribution in [2.24, 2.45) is 9.98 Å². The maximum absolute atomic E-state index is 4.89. The fourth-order valence-corrected chi connectivity index (χ4v) is 3.60. The molecule has 0 amide bonds. The minimum atomic E-state index is 0.665. The smallest absolute Gasteiger partial charge is 0.177 e. The second kappa shape index (κ2) is 7.58. The Morgan fingerprint density at radius 2 is 1.35 bits per heavy atom. The summed E-state index contributed by atoms with van der Waals surface area (Å²) in [6, 6.07) is 29.0. The van der Waals surface area contributed by atoms with Crippen molar-refractivity contribution < 1.29 is 0 Å². The van der Waals surface area contributed by atoms with Crippen molar-refractivity contribution in [1.82, 2.24) is 0 Å². The normalized spacial score (nSPS) is 13.7. The van der Waals surface area contributed by atoms with E-state index in [1.54, 1.807) is 11.8 Å². The fourth-order valence-electron chi connectivity index (χ4n) is 2.81. The first-order valence-electron chi connectivity index (χ1n) is 8.54. The van der Waals surface area contributed by atoms with E-state index in [-0.39, 0.29) is 0 Å². The highest BCUT2D eigenvalue weighted by molar-refractivity contribution is 8.14. The van der Waals surface area contributed by atoms with Gasteiger partial charge in [-0.05, 0) is 31.2 Å². The number of aryl methyl sites for hydroxylation is 1. The number of aliphatic imine (C=N–C) groups is 2. The molecule has 0 saturated heterocycles. The van der Waals surface area contributed by atoms with Gasteiger partial charge in [-0.25, -0.2) is 4.99 Å². The maximum atomic E-state index is 4.89. The van der Waals surface area contributed by atoms with E-state index in [9.17, 15) is 0 Å². The van der Waals surface area contributed by atoms with E-state index in [4.69, 9.17) is 4.99 Å². The fraction of sp³-hybridized carbons (Fsp3) is 0.0909. The zero-order valence-electron chi connectivity index (χ0n) is 14.5. The number of hydrogen-bond acceptors (Lipinski definition) is 4. The molecule has 0 unspecified atom stereocenters. The standard InChI is InChI=1S/C22H19N3S/c1-17-12-14-18(15-13-17)21-23-16-26-22(24-21)25(19-8-4-2-5-9-19)20-10-6-3-7-11-20/h2-15H,16H2,1H3. The largest absolute Gasteiger partial charge is 0.289 e. The molecule has 0 radical (unpaired) electrons. The van der Waals surface area contributed by atoms with Crippen LogP contribution in [0.4, 0.5) is 11.4 Å². The van der Waals surface area contributed by atoms with Crippen molar-refractivity contribution in [3.63, 3.8) is 0 Å². The summed E-state index contributed by atoms with van der Waals surface area (Å²) in [4.78, 5) is 11.7. The molecule has 1 heterocycles. The Hall–Kier alpha value is -2.85. The summed E-state index contributed by atoms with van der Waals surface area (Å²) in [5.74, 6) is 1.45. The third kappa shape index (κ3) is 3.55. The van der Waals surface area contributed by atoms with Crippen molar-refractivity contribution >= 4 is 34.1 Å². The Balaban J connectivity index is 1.76. The van der Waals surface area contributed by atoms with Gasteiger partial charge in [0.1, 0.15) is 0 Å². The van der Waals surface area contributed by atoms with Gasteiger partial charge in [-0.1, -0.05) is 78.0 Å². The minimum absolute atomic E-state index is 0.665. The number of rotatable bonds is 3. The molecule has 3 nitrogen and oxygen atoms in total. The molecule has 0 aromatic heterocycles. The van der Waals surface area contributed by atoms with Gasteiger partial charge >= 0.3 is 0 Å². The summed E-state index contributed by atoms with van der Waals surface area (Å²) in [6.45, 7) is 2.09. The number of anilines is 2. The van der Waals surface area contributed by atoms with Crippen LogP contribution < -0.4 is 4.90 Å². The quantitative estimate of drug-likeness (QED) is 0.607. The molecule has 0 aliphatic carbocycles. The first-order valence-corrected chi connectivity index (χ1v) is 9.53. The molecule has 26 heavy (non-hydrogen) atoms. The predicted molar refractivity (Wildman–Crippen MR) is 113 cm³/mol. The Kier molecular flexibility index (Phi) is 4.84. The van der Waals surface area contributed by atoms with Crippen LogP contribution in [0.3, 0.4) is 0 Å². The number of thioether (sulfide) groups is 1. The molecule has 0 atom stereocenters. The van der Waals surface area contributed by atoms with Crippen molar-refractivity contribution in [1.29, 1.82) is 0 Å². The lowest BCUT2D eigenvalue weighted by Crippen LogP contribution is -2.26. The molecular formula is C22H19N3S. The number of amidine groups is 2. The second-order valence-electron chi connectivity index (χ2n) is 6.02. The highest BCUT2D eigenvalue weighted by Crippen LogP contribution is 2.30.